The van der Waals surface area contributed by atoms with E-state index in [1.54, 1.807) is 12.1 Å². The Kier molecular flexibility index (Phi) is 6.40. The zero-order valence-electron chi connectivity index (χ0n) is 17.0. The van der Waals surface area contributed by atoms with Gasteiger partial charge in [-0.3, -0.25) is 4.79 Å². The van der Waals surface area contributed by atoms with Gasteiger partial charge in [-0.15, -0.1) is 0 Å². The van der Waals surface area contributed by atoms with Gasteiger partial charge in [0.25, 0.3) is 0 Å². The number of nitrogens with one attached hydrogen (secondary N) is 1. The van der Waals surface area contributed by atoms with Crippen LogP contribution in [0.25, 0.3) is 0 Å². The first-order valence-corrected chi connectivity index (χ1v) is 10.5. The summed E-state index contributed by atoms with van der Waals surface area (Å²) in [7, 11) is 0. The van der Waals surface area contributed by atoms with Crippen LogP contribution in [0.2, 0.25) is 0 Å². The third-order valence-corrected chi connectivity index (χ3v) is 5.57. The van der Waals surface area contributed by atoms with Crippen LogP contribution in [0, 0.1) is 0 Å². The third-order valence-electron chi connectivity index (χ3n) is 5.57. The molecule has 4 rings (SSSR count). The maximum atomic E-state index is 11.2. The number of nitrogens with zero attached hydrogens (tertiary/aromatic N) is 1. The lowest BCUT2D eigenvalue weighted by molar-refractivity contribution is 0.1000. The Morgan fingerprint density at radius 2 is 1.97 bits per heavy atom. The van der Waals surface area contributed by atoms with Crippen molar-refractivity contribution in [1.29, 1.82) is 0 Å². The molecular weight excluding hydrogens is 374 g/mol. The largest absolute Gasteiger partial charge is 0.439 e. The lowest BCUT2D eigenvalue weighted by atomic mass is 9.88. The number of hydrogen-bond acceptors (Lipinski definition) is 4. The number of pyridine rings is 1. The van der Waals surface area contributed by atoms with Gasteiger partial charge in [0, 0.05) is 18.3 Å². The van der Waals surface area contributed by atoms with Gasteiger partial charge in [0.2, 0.25) is 11.8 Å². The standard InChI is InChI=1S/C25H27N3O2/c26-25(29)20-10-13-24(28-17-20)30-23-12-9-19-8-11-22(15-21(19)16-23)27-14-4-7-18-5-2-1-3-6-18/h1-3,5-6,9-10,12-13,16-17,22,27H,4,7-8,11,14-15H2,(H2,26,29). The molecule has 1 aliphatic rings. The second kappa shape index (κ2) is 9.55. The number of benzene rings is 2. The molecule has 0 spiro atoms. The van der Waals surface area contributed by atoms with E-state index in [2.05, 4.69) is 52.8 Å². The van der Waals surface area contributed by atoms with Gasteiger partial charge in [0.05, 0.1) is 5.56 Å². The van der Waals surface area contributed by atoms with Gasteiger partial charge in [-0.05, 0) is 73.5 Å². The SMILES string of the molecule is NC(=O)c1ccc(Oc2ccc3c(c2)CC(NCCCc2ccccc2)CC3)nc1. The fourth-order valence-corrected chi connectivity index (χ4v) is 3.92. The van der Waals surface area contributed by atoms with Crippen LogP contribution in [0.15, 0.2) is 66.9 Å². The number of nitrogens with two attached hydrogens (primary N) is 1. The number of primary amides is 1. The molecule has 5 nitrogen and oxygen atoms in total. The van der Waals surface area contributed by atoms with Crippen molar-refractivity contribution in [3.8, 4) is 11.6 Å². The molecule has 1 amide bonds. The molecule has 3 N–H and O–H groups in total. The number of carbonyl (C=O) groups is 1. The monoisotopic (exact) mass is 401 g/mol. The molecule has 154 valence electrons. The molecule has 0 radical (unpaired) electrons. The minimum Gasteiger partial charge on any atom is -0.439 e. The Labute approximate surface area is 177 Å². The second-order valence-corrected chi connectivity index (χ2v) is 7.76. The van der Waals surface area contributed by atoms with Gasteiger partial charge in [0.15, 0.2) is 0 Å². The van der Waals surface area contributed by atoms with E-state index in [4.69, 9.17) is 10.5 Å². The summed E-state index contributed by atoms with van der Waals surface area (Å²) in [6.45, 7) is 1.03. The molecule has 0 aliphatic heterocycles. The van der Waals surface area contributed by atoms with Gasteiger partial charge in [0.1, 0.15) is 5.75 Å². The lowest BCUT2D eigenvalue weighted by Crippen LogP contribution is -2.35. The molecule has 3 aromatic rings. The van der Waals surface area contributed by atoms with E-state index in [-0.39, 0.29) is 0 Å². The summed E-state index contributed by atoms with van der Waals surface area (Å²) in [5.74, 6) is 0.717. The maximum Gasteiger partial charge on any atom is 0.250 e. The smallest absolute Gasteiger partial charge is 0.250 e. The average Bonchev–Trinajstić information content (AvgIpc) is 2.77. The molecule has 0 fully saturated rings. The predicted molar refractivity (Wildman–Crippen MR) is 118 cm³/mol. The Bertz CT molecular complexity index is 987. The first-order valence-electron chi connectivity index (χ1n) is 10.5. The minimum absolute atomic E-state index is 0.369. The van der Waals surface area contributed by atoms with E-state index in [0.29, 0.717) is 17.5 Å². The molecule has 30 heavy (non-hydrogen) atoms. The number of ether oxygens (including phenoxy) is 1. The van der Waals surface area contributed by atoms with Crippen molar-refractivity contribution in [2.24, 2.45) is 5.73 Å². The number of carbonyl (C=O) groups excluding carboxylic acids is 1. The first-order chi connectivity index (χ1) is 14.7. The third kappa shape index (κ3) is 5.24. The summed E-state index contributed by atoms with van der Waals surface area (Å²) in [4.78, 5) is 15.3. The van der Waals surface area contributed by atoms with E-state index in [1.165, 1.54) is 22.9 Å². The molecule has 1 heterocycles. The Balaban J connectivity index is 1.31. The number of aromatic nitrogens is 1. The Hall–Kier alpha value is -3.18. The van der Waals surface area contributed by atoms with Crippen LogP contribution in [0.5, 0.6) is 11.6 Å². The second-order valence-electron chi connectivity index (χ2n) is 7.76. The fourth-order valence-electron chi connectivity index (χ4n) is 3.92. The van der Waals surface area contributed by atoms with Gasteiger partial charge >= 0.3 is 0 Å². The van der Waals surface area contributed by atoms with E-state index in [9.17, 15) is 4.79 Å². The minimum atomic E-state index is -0.495. The highest BCUT2D eigenvalue weighted by Gasteiger charge is 2.19. The number of fused-ring (bicyclic) bond motifs is 1. The maximum absolute atomic E-state index is 11.2. The molecule has 1 aromatic heterocycles. The molecule has 0 saturated heterocycles. The molecule has 1 aliphatic carbocycles. The van der Waals surface area contributed by atoms with E-state index in [0.717, 1.165) is 44.4 Å². The van der Waals surface area contributed by atoms with Crippen molar-refractivity contribution in [3.05, 3.63) is 89.1 Å². The topological polar surface area (TPSA) is 77.2 Å². The summed E-state index contributed by atoms with van der Waals surface area (Å²) in [6, 6.07) is 20.7. The van der Waals surface area contributed by atoms with E-state index < -0.39 is 5.91 Å². The molecule has 1 atom stereocenters. The Morgan fingerprint density at radius 3 is 2.73 bits per heavy atom. The zero-order chi connectivity index (χ0) is 20.8. The van der Waals surface area contributed by atoms with Crippen molar-refractivity contribution in [3.63, 3.8) is 0 Å². The zero-order valence-corrected chi connectivity index (χ0v) is 17.0. The summed E-state index contributed by atoms with van der Waals surface area (Å²) >= 11 is 0. The average molecular weight is 402 g/mol. The predicted octanol–water partition coefficient (Wildman–Crippen LogP) is 4.05. The normalized spacial score (nSPS) is 15.4. The van der Waals surface area contributed by atoms with Crippen molar-refractivity contribution >= 4 is 5.91 Å². The van der Waals surface area contributed by atoms with Crippen LogP contribution in [0.1, 0.15) is 39.9 Å². The number of aryl methyl sites for hydroxylation is 2. The number of hydrogen-bond donors (Lipinski definition) is 2. The highest BCUT2D eigenvalue weighted by molar-refractivity contribution is 5.92. The molecule has 1 unspecified atom stereocenters. The number of amides is 1. The molecule has 2 aromatic carbocycles. The summed E-state index contributed by atoms with van der Waals surface area (Å²) in [6.07, 6.45) is 6.93. The Morgan fingerprint density at radius 1 is 1.10 bits per heavy atom. The van der Waals surface area contributed by atoms with Crippen LogP contribution < -0.4 is 15.8 Å². The van der Waals surface area contributed by atoms with E-state index in [1.807, 2.05) is 6.07 Å². The van der Waals surface area contributed by atoms with Crippen LogP contribution in [0.3, 0.4) is 0 Å². The summed E-state index contributed by atoms with van der Waals surface area (Å²) in [5.41, 5.74) is 9.74. The van der Waals surface area contributed by atoms with Crippen LogP contribution in [-0.4, -0.2) is 23.5 Å². The van der Waals surface area contributed by atoms with Crippen LogP contribution >= 0.6 is 0 Å². The van der Waals surface area contributed by atoms with Crippen molar-refractivity contribution in [2.45, 2.75) is 38.1 Å². The number of rotatable bonds is 8. The highest BCUT2D eigenvalue weighted by atomic mass is 16.5. The molecule has 0 bridgehead atoms. The van der Waals surface area contributed by atoms with Crippen LogP contribution in [-0.2, 0) is 19.3 Å². The summed E-state index contributed by atoms with van der Waals surface area (Å²) in [5, 5.41) is 3.72. The fraction of sp³-hybridized carbons (Fsp3) is 0.280. The van der Waals surface area contributed by atoms with Crippen molar-refractivity contribution in [1.82, 2.24) is 10.3 Å². The van der Waals surface area contributed by atoms with Gasteiger partial charge in [-0.2, -0.15) is 0 Å². The lowest BCUT2D eigenvalue weighted by Gasteiger charge is -2.26. The first kappa shape index (κ1) is 20.1. The van der Waals surface area contributed by atoms with E-state index >= 15 is 0 Å². The van der Waals surface area contributed by atoms with Crippen molar-refractivity contribution < 1.29 is 9.53 Å². The molecule has 5 heteroatoms. The highest BCUT2D eigenvalue weighted by Crippen LogP contribution is 2.28. The van der Waals surface area contributed by atoms with Gasteiger partial charge < -0.3 is 15.8 Å². The quantitative estimate of drug-likeness (QED) is 0.558. The van der Waals surface area contributed by atoms with Gasteiger partial charge in [-0.1, -0.05) is 36.4 Å². The summed E-state index contributed by atoms with van der Waals surface area (Å²) < 4.78 is 5.88. The van der Waals surface area contributed by atoms with Crippen LogP contribution in [0.4, 0.5) is 0 Å². The van der Waals surface area contributed by atoms with Gasteiger partial charge in [-0.25, -0.2) is 4.98 Å². The molecular formula is C25H27N3O2. The van der Waals surface area contributed by atoms with Crippen molar-refractivity contribution in [2.75, 3.05) is 6.54 Å². The molecule has 0 saturated carbocycles.